The molecule has 0 fully saturated rings. The lowest BCUT2D eigenvalue weighted by atomic mass is 10.2. The summed E-state index contributed by atoms with van der Waals surface area (Å²) in [5.41, 5.74) is 1.87. The van der Waals surface area contributed by atoms with Crippen LogP contribution in [0.5, 0.6) is 11.5 Å². The predicted octanol–water partition coefficient (Wildman–Crippen LogP) is 5.39. The Balaban J connectivity index is 1.65. The first-order chi connectivity index (χ1) is 16.1. The van der Waals surface area contributed by atoms with Gasteiger partial charge >= 0.3 is 5.97 Å². The van der Waals surface area contributed by atoms with E-state index in [1.165, 1.54) is 18.4 Å². The number of hydrogen-bond donors (Lipinski definition) is 0. The van der Waals surface area contributed by atoms with Crippen molar-refractivity contribution in [1.29, 1.82) is 0 Å². The molecule has 0 atom stereocenters. The van der Waals surface area contributed by atoms with Crippen LogP contribution in [-0.2, 0) is 11.3 Å². The molecular weight excluding hydrogens is 456 g/mol. The van der Waals surface area contributed by atoms with Crippen LogP contribution in [0.15, 0.2) is 77.8 Å². The number of thiazole rings is 1. The number of hydrogen-bond acceptors (Lipinski definition) is 6. The fraction of sp³-hybridized carbons (Fsp3) is 0.160. The molecule has 6 nitrogen and oxygen atoms in total. The molecule has 0 bridgehead atoms. The summed E-state index contributed by atoms with van der Waals surface area (Å²) < 4.78 is 13.5. The minimum atomic E-state index is -0.395. The molecule has 168 valence electrons. The van der Waals surface area contributed by atoms with Crippen LogP contribution >= 0.6 is 23.1 Å². The molecule has 8 heteroatoms. The number of esters is 1. The van der Waals surface area contributed by atoms with Gasteiger partial charge in [-0.3, -0.25) is 4.79 Å². The zero-order valence-electron chi connectivity index (χ0n) is 18.2. The lowest BCUT2D eigenvalue weighted by Crippen LogP contribution is -2.18. The van der Waals surface area contributed by atoms with Crippen molar-refractivity contribution in [3.63, 3.8) is 0 Å². The largest absolute Gasteiger partial charge is 0.465 e. The molecule has 1 aromatic heterocycles. The van der Waals surface area contributed by atoms with E-state index in [0.717, 1.165) is 21.7 Å². The molecule has 4 rings (SSSR count). The summed E-state index contributed by atoms with van der Waals surface area (Å²) in [5, 5.41) is 0. The zero-order valence-corrected chi connectivity index (χ0v) is 19.8. The van der Waals surface area contributed by atoms with Crippen molar-refractivity contribution in [2.24, 2.45) is 4.99 Å². The van der Waals surface area contributed by atoms with Crippen LogP contribution in [0.4, 0.5) is 0 Å². The lowest BCUT2D eigenvalue weighted by Gasteiger charge is -2.06. The highest BCUT2D eigenvalue weighted by atomic mass is 32.2. The van der Waals surface area contributed by atoms with Crippen LogP contribution in [0.2, 0.25) is 0 Å². The lowest BCUT2D eigenvalue weighted by molar-refractivity contribution is 0.0600. The Hall–Kier alpha value is -3.36. The third kappa shape index (κ3) is 5.35. The van der Waals surface area contributed by atoms with Gasteiger partial charge in [0, 0.05) is 17.9 Å². The highest BCUT2D eigenvalue weighted by molar-refractivity contribution is 7.98. The maximum Gasteiger partial charge on any atom is 0.337 e. The Morgan fingerprint density at radius 1 is 0.970 bits per heavy atom. The number of carbonyl (C=O) groups excluding carboxylic acids is 2. The normalized spacial score (nSPS) is 11.5. The quantitative estimate of drug-likeness (QED) is 0.333. The summed E-state index contributed by atoms with van der Waals surface area (Å²) in [4.78, 5) is 29.8. The Kier molecular flexibility index (Phi) is 7.26. The SMILES string of the molecule is COC(=O)c1ccc2c(c1)sc(=NC(=O)c1ccc(Oc3ccccc3)cc1)n2CCSC. The molecule has 1 amide bonds. The number of para-hydroxylation sites is 1. The van der Waals surface area contributed by atoms with Crippen molar-refractivity contribution in [3.8, 4) is 11.5 Å². The van der Waals surface area contributed by atoms with Gasteiger partial charge < -0.3 is 14.0 Å². The number of aryl methyl sites for hydroxylation is 1. The maximum atomic E-state index is 12.9. The first kappa shape index (κ1) is 22.8. The molecule has 0 saturated heterocycles. The molecule has 33 heavy (non-hydrogen) atoms. The molecule has 0 aliphatic heterocycles. The third-order valence-electron chi connectivity index (χ3n) is 4.90. The van der Waals surface area contributed by atoms with Crippen molar-refractivity contribution in [2.75, 3.05) is 19.1 Å². The van der Waals surface area contributed by atoms with Crippen LogP contribution in [0.3, 0.4) is 0 Å². The fourth-order valence-corrected chi connectivity index (χ4v) is 4.70. The fourth-order valence-electron chi connectivity index (χ4n) is 3.24. The van der Waals surface area contributed by atoms with Gasteiger partial charge in [-0.25, -0.2) is 4.79 Å². The number of amides is 1. The number of carbonyl (C=O) groups is 2. The maximum absolute atomic E-state index is 12.9. The second kappa shape index (κ2) is 10.5. The minimum Gasteiger partial charge on any atom is -0.465 e. The van der Waals surface area contributed by atoms with E-state index in [2.05, 4.69) is 4.99 Å². The number of thioether (sulfide) groups is 1. The van der Waals surface area contributed by atoms with E-state index in [0.29, 0.717) is 28.2 Å². The summed E-state index contributed by atoms with van der Waals surface area (Å²) >= 11 is 3.09. The second-order valence-corrected chi connectivity index (χ2v) is 9.05. The number of methoxy groups -OCH3 is 1. The van der Waals surface area contributed by atoms with Crippen LogP contribution < -0.4 is 9.54 Å². The molecule has 0 N–H and O–H groups in total. The average molecular weight is 479 g/mol. The standard InChI is InChI=1S/C25H22N2O4S2/c1-30-24(29)18-10-13-21-22(16-18)33-25(27(21)14-15-32-2)26-23(28)17-8-11-20(12-9-17)31-19-6-4-3-5-7-19/h3-13,16H,14-15H2,1-2H3. The molecule has 0 aliphatic rings. The van der Waals surface area contributed by atoms with Gasteiger partial charge in [0.25, 0.3) is 5.91 Å². The van der Waals surface area contributed by atoms with Gasteiger partial charge in [-0.2, -0.15) is 16.8 Å². The summed E-state index contributed by atoms with van der Waals surface area (Å²) in [6.07, 6.45) is 2.03. The monoisotopic (exact) mass is 478 g/mol. The van der Waals surface area contributed by atoms with Crippen LogP contribution in [0.1, 0.15) is 20.7 Å². The number of fused-ring (bicyclic) bond motifs is 1. The molecular formula is C25H22N2O4S2. The number of rotatable bonds is 7. The van der Waals surface area contributed by atoms with Gasteiger partial charge in [-0.1, -0.05) is 29.5 Å². The van der Waals surface area contributed by atoms with Crippen molar-refractivity contribution in [3.05, 3.63) is 88.7 Å². The van der Waals surface area contributed by atoms with E-state index < -0.39 is 5.97 Å². The summed E-state index contributed by atoms with van der Waals surface area (Å²) in [6.45, 7) is 0.703. The van der Waals surface area contributed by atoms with Gasteiger partial charge in [0.15, 0.2) is 4.80 Å². The number of nitrogens with zero attached hydrogens (tertiary/aromatic N) is 2. The number of aromatic nitrogens is 1. The van der Waals surface area contributed by atoms with E-state index in [4.69, 9.17) is 9.47 Å². The van der Waals surface area contributed by atoms with Crippen molar-refractivity contribution < 1.29 is 19.1 Å². The van der Waals surface area contributed by atoms with E-state index in [9.17, 15) is 9.59 Å². The molecule has 4 aromatic rings. The Bertz CT molecular complexity index is 1340. The summed E-state index contributed by atoms with van der Waals surface area (Å²) in [7, 11) is 1.36. The first-order valence-corrected chi connectivity index (χ1v) is 12.4. The number of benzene rings is 3. The highest BCUT2D eigenvalue weighted by Crippen LogP contribution is 2.22. The smallest absolute Gasteiger partial charge is 0.337 e. The van der Waals surface area contributed by atoms with Gasteiger partial charge in [-0.05, 0) is 60.9 Å². The summed E-state index contributed by atoms with van der Waals surface area (Å²) in [6, 6.07) is 21.8. The van der Waals surface area contributed by atoms with E-state index >= 15 is 0 Å². The number of ether oxygens (including phenoxy) is 2. The van der Waals surface area contributed by atoms with Gasteiger partial charge in [0.2, 0.25) is 0 Å². The van der Waals surface area contributed by atoms with Crippen molar-refractivity contribution in [2.45, 2.75) is 6.54 Å². The van der Waals surface area contributed by atoms with Crippen molar-refractivity contribution in [1.82, 2.24) is 4.57 Å². The van der Waals surface area contributed by atoms with Gasteiger partial charge in [-0.15, -0.1) is 0 Å². The second-order valence-electron chi connectivity index (χ2n) is 7.06. The predicted molar refractivity (Wildman–Crippen MR) is 132 cm³/mol. The molecule has 1 heterocycles. The average Bonchev–Trinajstić information content (AvgIpc) is 3.19. The molecule has 0 aliphatic carbocycles. The van der Waals surface area contributed by atoms with Crippen molar-refractivity contribution >= 4 is 45.2 Å². The highest BCUT2D eigenvalue weighted by Gasteiger charge is 2.13. The summed E-state index contributed by atoms with van der Waals surface area (Å²) in [5.74, 6) is 1.52. The van der Waals surface area contributed by atoms with E-state index in [1.807, 2.05) is 47.2 Å². The molecule has 0 spiro atoms. The Morgan fingerprint density at radius 3 is 2.36 bits per heavy atom. The Labute approximate surface area is 199 Å². The van der Waals surface area contributed by atoms with Crippen LogP contribution in [0, 0.1) is 0 Å². The van der Waals surface area contributed by atoms with Gasteiger partial charge in [0.1, 0.15) is 11.5 Å². The van der Waals surface area contributed by atoms with E-state index in [-0.39, 0.29) is 5.91 Å². The van der Waals surface area contributed by atoms with Gasteiger partial charge in [0.05, 0.1) is 22.9 Å². The first-order valence-electron chi connectivity index (χ1n) is 10.2. The molecule has 0 saturated carbocycles. The van der Waals surface area contributed by atoms with E-state index in [1.54, 1.807) is 48.2 Å². The molecule has 0 unspecified atom stereocenters. The molecule has 0 radical (unpaired) electrons. The molecule has 3 aromatic carbocycles. The van der Waals surface area contributed by atoms with Crippen LogP contribution in [-0.4, -0.2) is 35.6 Å². The van der Waals surface area contributed by atoms with Crippen LogP contribution in [0.25, 0.3) is 10.2 Å². The minimum absolute atomic E-state index is 0.334. The topological polar surface area (TPSA) is 69.9 Å². The Morgan fingerprint density at radius 2 is 1.67 bits per heavy atom. The zero-order chi connectivity index (χ0) is 23.2. The third-order valence-corrected chi connectivity index (χ3v) is 6.53.